The van der Waals surface area contributed by atoms with E-state index in [1.807, 2.05) is 31.2 Å². The first kappa shape index (κ1) is 16.8. The maximum atomic E-state index is 12.4. The number of hydrogen-bond acceptors (Lipinski definition) is 5. The molecule has 1 aromatic heterocycles. The number of carbonyl (C=O) groups excluding carboxylic acids is 1. The molecule has 0 radical (unpaired) electrons. The van der Waals surface area contributed by atoms with Crippen LogP contribution in [-0.4, -0.2) is 34.6 Å². The Labute approximate surface area is 149 Å². The van der Waals surface area contributed by atoms with Crippen LogP contribution in [0.15, 0.2) is 29.2 Å². The predicted octanol–water partition coefficient (Wildman–Crippen LogP) is 3.90. The van der Waals surface area contributed by atoms with E-state index < -0.39 is 0 Å². The Hall–Kier alpha value is -1.08. The molecule has 122 valence electrons. The SMILES string of the molecule is CC(Sc1ccccc1Cl)C(=O)Nc1nc2c(s1)CN(C)CC2. The van der Waals surface area contributed by atoms with Gasteiger partial charge in [0.15, 0.2) is 5.13 Å². The van der Waals surface area contributed by atoms with Crippen molar-refractivity contribution in [2.45, 2.75) is 30.0 Å². The third-order valence-electron chi connectivity index (χ3n) is 3.66. The number of fused-ring (bicyclic) bond motifs is 1. The number of thioether (sulfide) groups is 1. The summed E-state index contributed by atoms with van der Waals surface area (Å²) in [6.45, 7) is 3.81. The van der Waals surface area contributed by atoms with Gasteiger partial charge in [0.2, 0.25) is 5.91 Å². The number of nitrogens with zero attached hydrogens (tertiary/aromatic N) is 2. The van der Waals surface area contributed by atoms with Gasteiger partial charge in [0.25, 0.3) is 0 Å². The van der Waals surface area contributed by atoms with Gasteiger partial charge in [-0.3, -0.25) is 4.79 Å². The number of anilines is 1. The predicted molar refractivity (Wildman–Crippen MR) is 97.6 cm³/mol. The van der Waals surface area contributed by atoms with Crippen molar-refractivity contribution in [3.63, 3.8) is 0 Å². The molecule has 23 heavy (non-hydrogen) atoms. The van der Waals surface area contributed by atoms with Crippen LogP contribution in [-0.2, 0) is 17.8 Å². The molecule has 4 nitrogen and oxygen atoms in total. The van der Waals surface area contributed by atoms with Crippen LogP contribution < -0.4 is 5.32 Å². The number of amides is 1. The molecule has 1 N–H and O–H groups in total. The Morgan fingerprint density at radius 2 is 2.26 bits per heavy atom. The molecular formula is C16H18ClN3OS2. The Morgan fingerprint density at radius 3 is 3.04 bits per heavy atom. The molecule has 0 saturated carbocycles. The largest absolute Gasteiger partial charge is 0.301 e. The summed E-state index contributed by atoms with van der Waals surface area (Å²) in [7, 11) is 2.10. The van der Waals surface area contributed by atoms with Crippen molar-refractivity contribution in [3.8, 4) is 0 Å². The fourth-order valence-corrected chi connectivity index (χ4v) is 4.61. The quantitative estimate of drug-likeness (QED) is 0.832. The van der Waals surface area contributed by atoms with Crippen LogP contribution >= 0.6 is 34.7 Å². The molecule has 0 aliphatic carbocycles. The van der Waals surface area contributed by atoms with Crippen molar-refractivity contribution in [1.82, 2.24) is 9.88 Å². The number of likely N-dealkylation sites (N-methyl/N-ethyl adjacent to an activating group) is 1. The van der Waals surface area contributed by atoms with Crippen LogP contribution in [0, 0.1) is 0 Å². The second-order valence-electron chi connectivity index (χ2n) is 5.56. The monoisotopic (exact) mass is 367 g/mol. The lowest BCUT2D eigenvalue weighted by Gasteiger charge is -2.20. The van der Waals surface area contributed by atoms with Crippen LogP contribution in [0.25, 0.3) is 0 Å². The molecule has 7 heteroatoms. The molecule has 1 aliphatic rings. The Bertz CT molecular complexity index is 719. The second kappa shape index (κ2) is 7.21. The van der Waals surface area contributed by atoms with Gasteiger partial charge < -0.3 is 10.2 Å². The van der Waals surface area contributed by atoms with E-state index in [-0.39, 0.29) is 11.2 Å². The summed E-state index contributed by atoms with van der Waals surface area (Å²) in [6.07, 6.45) is 0.947. The van der Waals surface area contributed by atoms with Crippen molar-refractivity contribution in [3.05, 3.63) is 39.9 Å². The average molecular weight is 368 g/mol. The van der Waals surface area contributed by atoms with Crippen molar-refractivity contribution in [1.29, 1.82) is 0 Å². The zero-order valence-corrected chi connectivity index (χ0v) is 15.4. The topological polar surface area (TPSA) is 45.2 Å². The maximum Gasteiger partial charge on any atom is 0.239 e. The fourth-order valence-electron chi connectivity index (χ4n) is 2.37. The van der Waals surface area contributed by atoms with E-state index in [0.717, 1.165) is 30.1 Å². The number of rotatable bonds is 4. The third kappa shape index (κ3) is 4.07. The zero-order valence-electron chi connectivity index (χ0n) is 13.0. The van der Waals surface area contributed by atoms with Gasteiger partial charge in [-0.15, -0.1) is 23.1 Å². The summed E-state index contributed by atoms with van der Waals surface area (Å²) in [5, 5.41) is 4.07. The Morgan fingerprint density at radius 1 is 1.48 bits per heavy atom. The minimum atomic E-state index is -0.237. The first-order valence-corrected chi connectivity index (χ1v) is 9.49. The molecule has 1 amide bonds. The average Bonchev–Trinajstić information content (AvgIpc) is 2.90. The van der Waals surface area contributed by atoms with Crippen LogP contribution in [0.5, 0.6) is 0 Å². The highest BCUT2D eigenvalue weighted by molar-refractivity contribution is 8.00. The molecule has 2 heterocycles. The lowest BCUT2D eigenvalue weighted by molar-refractivity contribution is -0.115. The first-order chi connectivity index (χ1) is 11.0. The zero-order chi connectivity index (χ0) is 16.4. The molecule has 1 unspecified atom stereocenters. The molecule has 0 spiro atoms. The van der Waals surface area contributed by atoms with Gasteiger partial charge in [-0.25, -0.2) is 4.98 Å². The van der Waals surface area contributed by atoms with E-state index in [1.165, 1.54) is 16.6 Å². The summed E-state index contributed by atoms with van der Waals surface area (Å²) < 4.78 is 0. The van der Waals surface area contributed by atoms with E-state index in [1.54, 1.807) is 11.3 Å². The summed E-state index contributed by atoms with van der Waals surface area (Å²) in [5.41, 5.74) is 1.12. The number of nitrogens with one attached hydrogen (secondary N) is 1. The van der Waals surface area contributed by atoms with Gasteiger partial charge in [-0.2, -0.15) is 0 Å². The van der Waals surface area contributed by atoms with Crippen molar-refractivity contribution in [2.24, 2.45) is 0 Å². The van der Waals surface area contributed by atoms with E-state index in [0.29, 0.717) is 10.2 Å². The van der Waals surface area contributed by atoms with Crippen molar-refractivity contribution >= 4 is 45.7 Å². The van der Waals surface area contributed by atoms with Crippen LogP contribution in [0.1, 0.15) is 17.5 Å². The van der Waals surface area contributed by atoms with Gasteiger partial charge in [-0.05, 0) is 26.1 Å². The lowest BCUT2D eigenvalue weighted by atomic mass is 10.2. The van der Waals surface area contributed by atoms with Gasteiger partial charge in [0.1, 0.15) is 0 Å². The molecular weight excluding hydrogens is 350 g/mol. The van der Waals surface area contributed by atoms with Gasteiger partial charge >= 0.3 is 0 Å². The van der Waals surface area contributed by atoms with Gasteiger partial charge in [0, 0.05) is 29.3 Å². The van der Waals surface area contributed by atoms with Crippen molar-refractivity contribution in [2.75, 3.05) is 18.9 Å². The van der Waals surface area contributed by atoms with E-state index in [9.17, 15) is 4.79 Å². The Kier molecular flexibility index (Phi) is 5.26. The van der Waals surface area contributed by atoms with E-state index in [4.69, 9.17) is 11.6 Å². The maximum absolute atomic E-state index is 12.4. The third-order valence-corrected chi connectivity index (χ3v) is 6.28. The van der Waals surface area contributed by atoms with Crippen molar-refractivity contribution < 1.29 is 4.79 Å². The highest BCUT2D eigenvalue weighted by Crippen LogP contribution is 2.32. The molecule has 1 atom stereocenters. The summed E-state index contributed by atoms with van der Waals surface area (Å²) >= 11 is 9.18. The van der Waals surface area contributed by atoms with E-state index >= 15 is 0 Å². The highest BCUT2D eigenvalue weighted by atomic mass is 35.5. The van der Waals surface area contributed by atoms with Crippen LogP contribution in [0.3, 0.4) is 0 Å². The Balaban J connectivity index is 1.64. The number of hydrogen-bond donors (Lipinski definition) is 1. The molecule has 0 saturated heterocycles. The number of halogens is 1. The number of benzene rings is 1. The summed E-state index contributed by atoms with van der Waals surface area (Å²) in [5.74, 6) is -0.0469. The second-order valence-corrected chi connectivity index (χ2v) is 8.43. The molecule has 1 aromatic carbocycles. The van der Waals surface area contributed by atoms with E-state index in [2.05, 4.69) is 22.2 Å². The number of thiazole rings is 1. The lowest BCUT2D eigenvalue weighted by Crippen LogP contribution is -2.25. The minimum Gasteiger partial charge on any atom is -0.301 e. The van der Waals surface area contributed by atoms with Crippen LogP contribution in [0.4, 0.5) is 5.13 Å². The number of carbonyl (C=O) groups is 1. The molecule has 3 rings (SSSR count). The smallest absolute Gasteiger partial charge is 0.239 e. The highest BCUT2D eigenvalue weighted by Gasteiger charge is 2.21. The van der Waals surface area contributed by atoms with Crippen LogP contribution in [0.2, 0.25) is 5.02 Å². The molecule has 2 aromatic rings. The normalized spacial score (nSPS) is 16.0. The van der Waals surface area contributed by atoms with Gasteiger partial charge in [-0.1, -0.05) is 23.7 Å². The first-order valence-electron chi connectivity index (χ1n) is 7.42. The molecule has 0 bridgehead atoms. The molecule has 1 aliphatic heterocycles. The molecule has 0 fully saturated rings. The standard InChI is InChI=1S/C16H18ClN3OS2/c1-10(22-13-6-4-3-5-11(13)17)15(21)19-16-18-12-7-8-20(2)9-14(12)23-16/h3-6,10H,7-9H2,1-2H3,(H,18,19,21). The summed E-state index contributed by atoms with van der Waals surface area (Å²) in [4.78, 5) is 21.4. The summed E-state index contributed by atoms with van der Waals surface area (Å²) in [6, 6.07) is 7.56. The minimum absolute atomic E-state index is 0.0469. The number of aromatic nitrogens is 1. The van der Waals surface area contributed by atoms with Gasteiger partial charge in [0.05, 0.1) is 16.0 Å². The fraction of sp³-hybridized carbons (Fsp3) is 0.375.